The minimum atomic E-state index is -0.773. The topological polar surface area (TPSA) is 109 Å². The number of rotatable bonds is 6. The average Bonchev–Trinajstić information content (AvgIpc) is 3.45. The number of hydrogen-bond acceptors (Lipinski definition) is 8. The van der Waals surface area contributed by atoms with E-state index in [-0.39, 0.29) is 11.4 Å². The fraction of sp³-hybridized carbons (Fsp3) is 0.333. The second kappa shape index (κ2) is 9.58. The first-order valence-electron chi connectivity index (χ1n) is 12.0. The SMILES string of the molecule is Cc1nc(-c2ccc(N3C(=O)C(O)=C(C(=O)C(C)C)C3c3ccccc3N3CCOCC3)cc2)no1. The van der Waals surface area contributed by atoms with Crippen LogP contribution in [-0.2, 0) is 14.3 Å². The highest BCUT2D eigenvalue weighted by Gasteiger charge is 2.46. The van der Waals surface area contributed by atoms with E-state index in [4.69, 9.17) is 9.26 Å². The number of ether oxygens (including phenoxy) is 1. The summed E-state index contributed by atoms with van der Waals surface area (Å²) in [5, 5.41) is 14.9. The lowest BCUT2D eigenvalue weighted by Crippen LogP contribution is -2.38. The molecule has 3 aromatic rings. The Morgan fingerprint density at radius 1 is 1.08 bits per heavy atom. The zero-order valence-electron chi connectivity index (χ0n) is 20.5. The van der Waals surface area contributed by atoms with E-state index >= 15 is 0 Å². The summed E-state index contributed by atoms with van der Waals surface area (Å²) >= 11 is 0. The first kappa shape index (κ1) is 23.7. The maximum Gasteiger partial charge on any atom is 0.294 e. The van der Waals surface area contributed by atoms with Crippen molar-refractivity contribution in [1.82, 2.24) is 10.1 Å². The van der Waals surface area contributed by atoms with E-state index in [0.29, 0.717) is 43.7 Å². The molecular formula is C27H28N4O5. The van der Waals surface area contributed by atoms with Gasteiger partial charge in [0.05, 0.1) is 24.8 Å². The van der Waals surface area contributed by atoms with Crippen molar-refractivity contribution in [2.45, 2.75) is 26.8 Å². The number of morpholine rings is 1. The number of aromatic nitrogens is 2. The monoisotopic (exact) mass is 488 g/mol. The molecular weight excluding hydrogens is 460 g/mol. The Kier molecular flexibility index (Phi) is 6.32. The number of benzene rings is 2. The van der Waals surface area contributed by atoms with Gasteiger partial charge in [-0.05, 0) is 30.3 Å². The molecule has 5 rings (SSSR count). The summed E-state index contributed by atoms with van der Waals surface area (Å²) < 4.78 is 10.6. The fourth-order valence-electron chi connectivity index (χ4n) is 4.73. The van der Waals surface area contributed by atoms with Crippen molar-refractivity contribution in [3.63, 3.8) is 0 Å². The Balaban J connectivity index is 1.61. The minimum Gasteiger partial charge on any atom is -0.503 e. The molecule has 1 atom stereocenters. The van der Waals surface area contributed by atoms with Gasteiger partial charge in [-0.3, -0.25) is 14.5 Å². The van der Waals surface area contributed by atoms with E-state index in [2.05, 4.69) is 15.0 Å². The number of ketones is 1. The number of carbonyl (C=O) groups is 2. The highest BCUT2D eigenvalue weighted by atomic mass is 16.5. The Morgan fingerprint density at radius 3 is 2.42 bits per heavy atom. The molecule has 36 heavy (non-hydrogen) atoms. The van der Waals surface area contributed by atoms with Gasteiger partial charge in [-0.2, -0.15) is 4.98 Å². The number of nitrogens with zero attached hydrogens (tertiary/aromatic N) is 4. The van der Waals surface area contributed by atoms with Crippen LogP contribution in [0.15, 0.2) is 64.4 Å². The van der Waals surface area contributed by atoms with Gasteiger partial charge in [0.15, 0.2) is 11.5 Å². The zero-order valence-corrected chi connectivity index (χ0v) is 20.5. The fourth-order valence-corrected chi connectivity index (χ4v) is 4.73. The molecule has 0 aliphatic carbocycles. The van der Waals surface area contributed by atoms with Gasteiger partial charge in [-0.25, -0.2) is 0 Å². The third kappa shape index (κ3) is 4.15. The van der Waals surface area contributed by atoms with Crippen LogP contribution < -0.4 is 9.80 Å². The van der Waals surface area contributed by atoms with Gasteiger partial charge in [0, 0.05) is 48.4 Å². The molecule has 9 heteroatoms. The molecule has 9 nitrogen and oxygen atoms in total. The largest absolute Gasteiger partial charge is 0.503 e. The molecule has 1 fully saturated rings. The van der Waals surface area contributed by atoms with Crippen LogP contribution in [0.3, 0.4) is 0 Å². The number of aliphatic hydroxyl groups excluding tert-OH is 1. The van der Waals surface area contributed by atoms with E-state index in [0.717, 1.165) is 16.8 Å². The van der Waals surface area contributed by atoms with Crippen LogP contribution in [0.4, 0.5) is 11.4 Å². The molecule has 2 aromatic carbocycles. The van der Waals surface area contributed by atoms with Crippen LogP contribution in [0.1, 0.15) is 31.3 Å². The van der Waals surface area contributed by atoms with E-state index in [1.165, 1.54) is 4.90 Å². The lowest BCUT2D eigenvalue weighted by Gasteiger charge is -2.34. The van der Waals surface area contributed by atoms with Gasteiger partial charge in [0.2, 0.25) is 11.7 Å². The van der Waals surface area contributed by atoms with Gasteiger partial charge < -0.3 is 19.3 Å². The molecule has 0 spiro atoms. The summed E-state index contributed by atoms with van der Waals surface area (Å²) in [6, 6.07) is 14.1. The summed E-state index contributed by atoms with van der Waals surface area (Å²) in [5.74, 6) is -0.870. The molecule has 1 unspecified atom stereocenters. The maximum atomic E-state index is 13.5. The molecule has 1 aromatic heterocycles. The molecule has 1 N–H and O–H groups in total. The predicted octanol–water partition coefficient (Wildman–Crippen LogP) is 4.01. The molecule has 186 valence electrons. The number of hydrogen-bond donors (Lipinski definition) is 1. The van der Waals surface area contributed by atoms with E-state index in [1.807, 2.05) is 24.3 Å². The van der Waals surface area contributed by atoms with Crippen LogP contribution in [0.25, 0.3) is 11.4 Å². The molecule has 1 saturated heterocycles. The van der Waals surface area contributed by atoms with Gasteiger partial charge in [-0.1, -0.05) is 37.2 Å². The van der Waals surface area contributed by atoms with Gasteiger partial charge in [0.25, 0.3) is 5.91 Å². The first-order valence-corrected chi connectivity index (χ1v) is 12.0. The maximum absolute atomic E-state index is 13.5. The summed E-state index contributed by atoms with van der Waals surface area (Å²) in [4.78, 5) is 34.7. The van der Waals surface area contributed by atoms with Crippen molar-refractivity contribution in [2.75, 3.05) is 36.1 Å². The molecule has 2 aliphatic heterocycles. The highest BCUT2D eigenvalue weighted by molar-refractivity contribution is 6.17. The van der Waals surface area contributed by atoms with Crippen molar-refractivity contribution >= 4 is 23.1 Å². The smallest absolute Gasteiger partial charge is 0.294 e. The molecule has 2 aliphatic rings. The Hall–Kier alpha value is -3.98. The number of amides is 1. The van der Waals surface area contributed by atoms with Gasteiger partial charge >= 0.3 is 0 Å². The molecule has 0 radical (unpaired) electrons. The highest BCUT2D eigenvalue weighted by Crippen LogP contribution is 2.45. The second-order valence-corrected chi connectivity index (χ2v) is 9.20. The van der Waals surface area contributed by atoms with Crippen molar-refractivity contribution in [2.24, 2.45) is 5.92 Å². The van der Waals surface area contributed by atoms with Crippen molar-refractivity contribution in [1.29, 1.82) is 0 Å². The number of Topliss-reactive ketones (excluding diaryl/α,β-unsaturated/α-hetero) is 1. The quantitative estimate of drug-likeness (QED) is 0.554. The average molecular weight is 489 g/mol. The molecule has 0 bridgehead atoms. The van der Waals surface area contributed by atoms with Crippen molar-refractivity contribution in [3.05, 3.63) is 71.3 Å². The van der Waals surface area contributed by atoms with Crippen LogP contribution in [0.2, 0.25) is 0 Å². The van der Waals surface area contributed by atoms with E-state index in [9.17, 15) is 14.7 Å². The predicted molar refractivity (Wildman–Crippen MR) is 134 cm³/mol. The summed E-state index contributed by atoms with van der Waals surface area (Å²) in [6.45, 7) is 7.82. The Labute approximate surface area is 209 Å². The minimum absolute atomic E-state index is 0.119. The third-order valence-electron chi connectivity index (χ3n) is 6.51. The van der Waals surface area contributed by atoms with E-state index in [1.54, 1.807) is 45.0 Å². The first-order chi connectivity index (χ1) is 17.4. The molecule has 3 heterocycles. The van der Waals surface area contributed by atoms with Gasteiger partial charge in [0.1, 0.15) is 0 Å². The molecule has 1 amide bonds. The Morgan fingerprint density at radius 2 is 1.78 bits per heavy atom. The number of para-hydroxylation sites is 1. The second-order valence-electron chi connectivity index (χ2n) is 9.20. The summed E-state index contributed by atoms with van der Waals surface area (Å²) in [5.41, 5.74) is 3.07. The van der Waals surface area contributed by atoms with Crippen LogP contribution in [-0.4, -0.2) is 53.2 Å². The lowest BCUT2D eigenvalue weighted by atomic mass is 9.90. The Bertz CT molecular complexity index is 1320. The normalized spacial score (nSPS) is 18.4. The van der Waals surface area contributed by atoms with Crippen LogP contribution >= 0.6 is 0 Å². The third-order valence-corrected chi connectivity index (χ3v) is 6.51. The standard InChI is InChI=1S/C27H28N4O5/c1-16(2)24(32)22-23(20-6-4-5-7-21(20)30-12-14-35-15-13-30)31(27(34)25(22)33)19-10-8-18(9-11-19)26-28-17(3)36-29-26/h4-11,16,23,33H,12-15H2,1-3H3. The number of aliphatic hydroxyl groups is 1. The van der Waals surface area contributed by atoms with E-state index < -0.39 is 23.6 Å². The lowest BCUT2D eigenvalue weighted by molar-refractivity contribution is -0.119. The summed E-state index contributed by atoms with van der Waals surface area (Å²) in [7, 11) is 0. The van der Waals surface area contributed by atoms with Gasteiger partial charge in [-0.15, -0.1) is 0 Å². The van der Waals surface area contributed by atoms with Crippen molar-refractivity contribution in [3.8, 4) is 11.4 Å². The van der Waals surface area contributed by atoms with Crippen LogP contribution in [0.5, 0.6) is 0 Å². The molecule has 0 saturated carbocycles. The van der Waals surface area contributed by atoms with Crippen LogP contribution in [0, 0.1) is 12.8 Å². The number of anilines is 2. The number of carbonyl (C=O) groups excluding carboxylic acids is 2. The zero-order chi connectivity index (χ0) is 25.4. The number of aryl methyl sites for hydroxylation is 1. The van der Waals surface area contributed by atoms with Crippen molar-refractivity contribution < 1.29 is 24.0 Å². The summed E-state index contributed by atoms with van der Waals surface area (Å²) in [6.07, 6.45) is 0.